The summed E-state index contributed by atoms with van der Waals surface area (Å²) in [5, 5.41) is 6.73. The van der Waals surface area contributed by atoms with Crippen LogP contribution in [0.2, 0.25) is 0 Å². The van der Waals surface area contributed by atoms with Gasteiger partial charge in [0.15, 0.2) is 4.60 Å². The molecule has 2 rings (SSSR count). The molecule has 0 N–H and O–H groups in total. The van der Waals surface area contributed by atoms with Crippen molar-refractivity contribution in [3.05, 3.63) is 46.2 Å². The van der Waals surface area contributed by atoms with Gasteiger partial charge in [-0.15, -0.1) is 5.10 Å². The zero-order chi connectivity index (χ0) is 17.7. The molecule has 2 aromatic rings. The van der Waals surface area contributed by atoms with Crippen LogP contribution in [0, 0.1) is 0 Å². The maximum atomic E-state index is 13.2. The molecule has 6 nitrogen and oxygen atoms in total. The molecule has 0 aliphatic carbocycles. The molecule has 8 heteroatoms. The summed E-state index contributed by atoms with van der Waals surface area (Å²) in [6.45, 7) is 3.89. The number of halogens is 1. The number of benzene rings is 1. The van der Waals surface area contributed by atoms with E-state index in [2.05, 4.69) is 26.2 Å². The molecule has 0 spiro atoms. The number of rotatable bonds is 8. The molecule has 0 bridgehead atoms. The lowest BCUT2D eigenvalue weighted by Crippen LogP contribution is -2.41. The van der Waals surface area contributed by atoms with Crippen molar-refractivity contribution in [2.24, 2.45) is 0 Å². The zero-order valence-electron chi connectivity index (χ0n) is 14.0. The van der Waals surface area contributed by atoms with E-state index in [0.29, 0.717) is 16.0 Å². The van der Waals surface area contributed by atoms with E-state index in [1.165, 1.54) is 26.0 Å². The van der Waals surface area contributed by atoms with Crippen molar-refractivity contribution in [3.8, 4) is 0 Å². The summed E-state index contributed by atoms with van der Waals surface area (Å²) in [5.74, 6) is 0.319. The summed E-state index contributed by atoms with van der Waals surface area (Å²) in [4.78, 5) is 13.2. The van der Waals surface area contributed by atoms with Crippen molar-refractivity contribution >= 4 is 33.5 Å². The Morgan fingerprint density at radius 2 is 1.96 bits per heavy atom. The van der Waals surface area contributed by atoms with Gasteiger partial charge in [-0.3, -0.25) is 4.79 Å². The van der Waals surface area contributed by atoms with Gasteiger partial charge in [0.25, 0.3) is 10.9 Å². The number of ether oxygens (including phenoxy) is 2. The highest BCUT2D eigenvalue weighted by atomic mass is 79.9. The minimum atomic E-state index is -1.42. The van der Waals surface area contributed by atoms with E-state index in [-0.39, 0.29) is 11.8 Å². The minimum absolute atomic E-state index is 0.165. The summed E-state index contributed by atoms with van der Waals surface area (Å²) in [6.07, 6.45) is 0. The van der Waals surface area contributed by atoms with Crippen molar-refractivity contribution in [1.82, 2.24) is 15.0 Å². The topological polar surface area (TPSA) is 66.2 Å². The summed E-state index contributed by atoms with van der Waals surface area (Å²) < 4.78 is 12.8. The maximum absolute atomic E-state index is 13.2. The molecule has 1 atom stereocenters. The van der Waals surface area contributed by atoms with Gasteiger partial charge >= 0.3 is 0 Å². The smallest absolute Gasteiger partial charge is 0.286 e. The molecule has 1 aromatic heterocycles. The highest BCUT2D eigenvalue weighted by molar-refractivity contribution is 9.10. The van der Waals surface area contributed by atoms with Crippen LogP contribution in [-0.2, 0) is 9.47 Å². The molecule has 1 aromatic carbocycles. The first-order valence-corrected chi connectivity index (χ1v) is 9.23. The van der Waals surface area contributed by atoms with Crippen LogP contribution < -0.4 is 0 Å². The molecule has 24 heavy (non-hydrogen) atoms. The second-order valence-electron chi connectivity index (χ2n) is 4.99. The Labute approximate surface area is 154 Å². The number of Topliss-reactive ketones (excluding diaryl/α,β-unsaturated/α-hetero) is 1. The number of aromatic nitrogens is 3. The average molecular weight is 414 g/mol. The predicted molar refractivity (Wildman–Crippen MR) is 97.2 cm³/mol. The normalized spacial score (nSPS) is 13.0. The monoisotopic (exact) mass is 413 g/mol. The molecular weight excluding hydrogens is 394 g/mol. The lowest BCUT2D eigenvalue weighted by atomic mass is 10.1. The largest absolute Gasteiger partial charge is 0.338 e. The fourth-order valence-corrected chi connectivity index (χ4v) is 3.68. The van der Waals surface area contributed by atoms with Crippen LogP contribution in [0.1, 0.15) is 35.9 Å². The van der Waals surface area contributed by atoms with Gasteiger partial charge < -0.3 is 9.47 Å². The Balaban J connectivity index is 2.48. The third kappa shape index (κ3) is 3.56. The second kappa shape index (κ2) is 8.24. The van der Waals surface area contributed by atoms with Crippen LogP contribution in [-0.4, -0.2) is 45.9 Å². The number of carbonyl (C=O) groups is 1. The molecule has 0 radical (unpaired) electrons. The summed E-state index contributed by atoms with van der Waals surface area (Å²) >= 11 is 4.60. The zero-order valence-corrected chi connectivity index (χ0v) is 16.4. The van der Waals surface area contributed by atoms with Gasteiger partial charge in [-0.05, 0) is 34.2 Å². The second-order valence-corrected chi connectivity index (χ2v) is 7.14. The molecule has 0 unspecified atom stereocenters. The predicted octanol–water partition coefficient (Wildman–Crippen LogP) is 3.53. The lowest BCUT2D eigenvalue weighted by molar-refractivity contribution is -0.102. The van der Waals surface area contributed by atoms with Gasteiger partial charge in [0, 0.05) is 14.2 Å². The summed E-state index contributed by atoms with van der Waals surface area (Å²) in [5.41, 5.74) is 1.34. The highest BCUT2D eigenvalue weighted by Crippen LogP contribution is 2.34. The highest BCUT2D eigenvalue weighted by Gasteiger charge is 2.43. The van der Waals surface area contributed by atoms with E-state index in [4.69, 9.17) is 9.47 Å². The number of hydrogen-bond donors (Lipinski definition) is 0. The first-order chi connectivity index (χ1) is 11.5. The van der Waals surface area contributed by atoms with Gasteiger partial charge in [-0.25, -0.2) is 4.68 Å². The average Bonchev–Trinajstić information content (AvgIpc) is 3.00. The summed E-state index contributed by atoms with van der Waals surface area (Å²) in [6, 6.07) is 9.63. The van der Waals surface area contributed by atoms with E-state index < -0.39 is 5.12 Å². The third-order valence-electron chi connectivity index (χ3n) is 3.67. The fourth-order valence-electron chi connectivity index (χ4n) is 2.40. The number of carbonyl (C=O) groups excluding carboxylic acids is 1. The Kier molecular flexibility index (Phi) is 6.56. The van der Waals surface area contributed by atoms with Gasteiger partial charge in [-0.1, -0.05) is 54.2 Å². The molecule has 1 heterocycles. The van der Waals surface area contributed by atoms with Gasteiger partial charge in [-0.2, -0.15) is 0 Å². The van der Waals surface area contributed by atoms with E-state index in [1.807, 2.05) is 44.2 Å². The number of thioether (sulfide) groups is 1. The van der Waals surface area contributed by atoms with Gasteiger partial charge in [0.1, 0.15) is 5.69 Å². The molecular formula is C16H20BrN3O3S. The maximum Gasteiger partial charge on any atom is 0.286 e. The van der Waals surface area contributed by atoms with Crippen molar-refractivity contribution in [3.63, 3.8) is 0 Å². The van der Waals surface area contributed by atoms with Crippen LogP contribution in [0.25, 0.3) is 0 Å². The molecule has 0 aliphatic heterocycles. The van der Waals surface area contributed by atoms with E-state index in [9.17, 15) is 4.79 Å². The molecule has 0 fully saturated rings. The van der Waals surface area contributed by atoms with Crippen LogP contribution in [0.3, 0.4) is 0 Å². The standard InChI is InChI=1S/C16H20BrN3O3S/c1-5-24-16(22-3,23-4)14(21)13-15(17)18-19-20(13)11(2)12-9-7-6-8-10-12/h6-11H,5H2,1-4H3/t11-/m1/s1. The number of methoxy groups -OCH3 is 2. The van der Waals surface area contributed by atoms with E-state index in [1.54, 1.807) is 4.68 Å². The van der Waals surface area contributed by atoms with Crippen LogP contribution in [0.4, 0.5) is 0 Å². The number of nitrogens with zero attached hydrogens (tertiary/aromatic N) is 3. The van der Waals surface area contributed by atoms with Crippen LogP contribution in [0.5, 0.6) is 0 Å². The van der Waals surface area contributed by atoms with Gasteiger partial charge in [0.05, 0.1) is 6.04 Å². The minimum Gasteiger partial charge on any atom is -0.338 e. The van der Waals surface area contributed by atoms with Crippen LogP contribution >= 0.6 is 27.7 Å². The molecule has 0 saturated heterocycles. The number of ketones is 1. The van der Waals surface area contributed by atoms with Crippen molar-refractivity contribution in [2.75, 3.05) is 20.0 Å². The molecule has 0 saturated carbocycles. The molecule has 0 amide bonds. The van der Waals surface area contributed by atoms with Crippen molar-refractivity contribution < 1.29 is 14.3 Å². The van der Waals surface area contributed by atoms with E-state index >= 15 is 0 Å². The summed E-state index contributed by atoms with van der Waals surface area (Å²) in [7, 11) is 2.90. The van der Waals surface area contributed by atoms with Crippen molar-refractivity contribution in [1.29, 1.82) is 0 Å². The van der Waals surface area contributed by atoms with E-state index in [0.717, 1.165) is 5.56 Å². The quantitative estimate of drug-likeness (QED) is 0.486. The first-order valence-electron chi connectivity index (χ1n) is 7.45. The van der Waals surface area contributed by atoms with Crippen LogP contribution in [0.15, 0.2) is 34.9 Å². The third-order valence-corrected chi connectivity index (χ3v) is 5.39. The Bertz CT molecular complexity index is 689. The number of hydrogen-bond acceptors (Lipinski definition) is 6. The lowest BCUT2D eigenvalue weighted by Gasteiger charge is -2.28. The Morgan fingerprint density at radius 3 is 2.50 bits per heavy atom. The van der Waals surface area contributed by atoms with Gasteiger partial charge in [0.2, 0.25) is 0 Å². The fraction of sp³-hybridized carbons (Fsp3) is 0.438. The molecule has 0 aliphatic rings. The Hall–Kier alpha value is -1.22. The first kappa shape index (κ1) is 19.1. The SMILES string of the molecule is CCSC(OC)(OC)C(=O)c1c(Br)nnn1[C@H](C)c1ccccc1. The van der Waals surface area contributed by atoms with Crippen molar-refractivity contribution in [2.45, 2.75) is 25.0 Å². The Morgan fingerprint density at radius 1 is 1.33 bits per heavy atom. The molecule has 130 valence electrons.